The maximum Gasteiger partial charge on any atom is 0.234 e. The number of thioether (sulfide) groups is 1. The third kappa shape index (κ3) is 3.02. The number of nitrogens with zero attached hydrogens (tertiary/aromatic N) is 3. The Morgan fingerprint density at radius 2 is 1.95 bits per heavy atom. The van der Waals surface area contributed by atoms with Gasteiger partial charge in [-0.25, -0.2) is 0 Å². The van der Waals surface area contributed by atoms with E-state index in [9.17, 15) is 4.79 Å². The van der Waals surface area contributed by atoms with Crippen LogP contribution in [0.25, 0.3) is 0 Å². The molecule has 4 rings (SSSR count). The Kier molecular flexibility index (Phi) is 3.62. The number of anilines is 1. The van der Waals surface area contributed by atoms with Gasteiger partial charge < -0.3 is 9.88 Å². The normalized spacial score (nSPS) is 17.5. The van der Waals surface area contributed by atoms with Crippen molar-refractivity contribution in [3.8, 4) is 0 Å². The summed E-state index contributed by atoms with van der Waals surface area (Å²) in [5.74, 6) is 2.09. The maximum atomic E-state index is 12.0. The Morgan fingerprint density at radius 1 is 1.18 bits per heavy atom. The number of hydrogen-bond acceptors (Lipinski definition) is 4. The molecule has 2 fully saturated rings. The van der Waals surface area contributed by atoms with Gasteiger partial charge in [0.25, 0.3) is 0 Å². The summed E-state index contributed by atoms with van der Waals surface area (Å²) in [4.78, 5) is 12.0. The third-order valence-corrected chi connectivity index (χ3v) is 4.88. The highest BCUT2D eigenvalue weighted by Crippen LogP contribution is 2.45. The molecule has 0 spiro atoms. The monoisotopic (exact) mass is 314 g/mol. The molecule has 0 radical (unpaired) electrons. The quantitative estimate of drug-likeness (QED) is 0.832. The molecule has 1 aromatic heterocycles. The molecule has 0 bridgehead atoms. The van der Waals surface area contributed by atoms with Crippen molar-refractivity contribution in [3.63, 3.8) is 0 Å². The smallest absolute Gasteiger partial charge is 0.234 e. The number of nitrogens with one attached hydrogen (secondary N) is 1. The van der Waals surface area contributed by atoms with Gasteiger partial charge in [-0.15, -0.1) is 10.2 Å². The molecule has 1 amide bonds. The van der Waals surface area contributed by atoms with Gasteiger partial charge in [0.2, 0.25) is 5.91 Å². The third-order valence-electron chi connectivity index (χ3n) is 3.94. The lowest BCUT2D eigenvalue weighted by Crippen LogP contribution is -2.14. The first kappa shape index (κ1) is 13.8. The standard InChI is InChI=1S/C16H18N4OS/c21-14(17-12-4-2-1-3-5-12)10-22-16-19-18-15(11-6-7-11)20(16)13-8-9-13/h1-5,11,13H,6-10H2,(H,17,21). The molecule has 1 heterocycles. The number of carbonyl (C=O) groups is 1. The first-order chi connectivity index (χ1) is 10.8. The van der Waals surface area contributed by atoms with E-state index in [0.717, 1.165) is 16.7 Å². The van der Waals surface area contributed by atoms with Gasteiger partial charge in [-0.3, -0.25) is 4.79 Å². The predicted molar refractivity (Wildman–Crippen MR) is 86.1 cm³/mol. The molecule has 0 atom stereocenters. The first-order valence-electron chi connectivity index (χ1n) is 7.74. The van der Waals surface area contributed by atoms with Crippen LogP contribution in [0.15, 0.2) is 35.5 Å². The van der Waals surface area contributed by atoms with Gasteiger partial charge in [-0.1, -0.05) is 30.0 Å². The molecule has 0 saturated heterocycles. The minimum absolute atomic E-state index is 0.00508. The number of rotatable bonds is 6. The Balaban J connectivity index is 1.40. The van der Waals surface area contributed by atoms with Crippen molar-refractivity contribution < 1.29 is 4.79 Å². The molecule has 2 aromatic rings. The molecule has 5 nitrogen and oxygen atoms in total. The van der Waals surface area contributed by atoms with E-state index in [0.29, 0.717) is 17.7 Å². The van der Waals surface area contributed by atoms with Crippen LogP contribution < -0.4 is 5.32 Å². The van der Waals surface area contributed by atoms with Gasteiger partial charge >= 0.3 is 0 Å². The highest BCUT2D eigenvalue weighted by Gasteiger charge is 2.36. The van der Waals surface area contributed by atoms with Crippen LogP contribution in [0.5, 0.6) is 0 Å². The van der Waals surface area contributed by atoms with E-state index in [-0.39, 0.29) is 5.91 Å². The lowest BCUT2D eigenvalue weighted by Gasteiger charge is -2.08. The zero-order valence-corrected chi connectivity index (χ0v) is 13.1. The van der Waals surface area contributed by atoms with Gasteiger partial charge in [-0.05, 0) is 37.8 Å². The molecule has 2 aliphatic carbocycles. The van der Waals surface area contributed by atoms with Crippen LogP contribution >= 0.6 is 11.8 Å². The van der Waals surface area contributed by atoms with Crippen molar-refractivity contribution in [2.45, 2.75) is 42.8 Å². The molecular formula is C16H18N4OS. The zero-order chi connectivity index (χ0) is 14.9. The Hall–Kier alpha value is -1.82. The summed E-state index contributed by atoms with van der Waals surface area (Å²) in [5, 5.41) is 12.5. The molecule has 6 heteroatoms. The average molecular weight is 314 g/mol. The fraction of sp³-hybridized carbons (Fsp3) is 0.438. The number of para-hydroxylation sites is 1. The topological polar surface area (TPSA) is 59.8 Å². The van der Waals surface area contributed by atoms with Crippen LogP contribution in [0.2, 0.25) is 0 Å². The molecule has 0 unspecified atom stereocenters. The summed E-state index contributed by atoms with van der Waals surface area (Å²) >= 11 is 1.49. The number of carbonyl (C=O) groups excluding carboxylic acids is 1. The van der Waals surface area contributed by atoms with Crippen LogP contribution in [0.1, 0.15) is 43.5 Å². The molecular weight excluding hydrogens is 296 g/mol. The molecule has 1 N–H and O–H groups in total. The van der Waals surface area contributed by atoms with Gasteiger partial charge in [0.15, 0.2) is 5.16 Å². The largest absolute Gasteiger partial charge is 0.325 e. The summed E-state index contributed by atoms with van der Waals surface area (Å²) < 4.78 is 2.28. The molecule has 2 saturated carbocycles. The minimum Gasteiger partial charge on any atom is -0.325 e. The second kappa shape index (κ2) is 5.76. The van der Waals surface area contributed by atoms with E-state index in [4.69, 9.17) is 0 Å². The lowest BCUT2D eigenvalue weighted by molar-refractivity contribution is -0.113. The molecule has 22 heavy (non-hydrogen) atoms. The van der Waals surface area contributed by atoms with E-state index >= 15 is 0 Å². The maximum absolute atomic E-state index is 12.0. The van der Waals surface area contributed by atoms with Crippen LogP contribution in [-0.4, -0.2) is 26.4 Å². The molecule has 0 aliphatic heterocycles. The number of amides is 1. The van der Waals surface area contributed by atoms with Crippen molar-refractivity contribution in [3.05, 3.63) is 36.2 Å². The number of aromatic nitrogens is 3. The Morgan fingerprint density at radius 3 is 2.64 bits per heavy atom. The first-order valence-corrected chi connectivity index (χ1v) is 8.72. The van der Waals surface area contributed by atoms with E-state index in [1.54, 1.807) is 0 Å². The second-order valence-corrected chi connectivity index (χ2v) is 6.86. The number of hydrogen-bond donors (Lipinski definition) is 1. The van der Waals surface area contributed by atoms with E-state index in [1.165, 1.54) is 37.4 Å². The number of benzene rings is 1. The Bertz CT molecular complexity index is 677. The predicted octanol–water partition coefficient (Wildman–Crippen LogP) is 3.22. The van der Waals surface area contributed by atoms with Crippen LogP contribution in [-0.2, 0) is 4.79 Å². The lowest BCUT2D eigenvalue weighted by atomic mass is 10.3. The fourth-order valence-corrected chi connectivity index (χ4v) is 3.34. The second-order valence-electron chi connectivity index (χ2n) is 5.92. The van der Waals surface area contributed by atoms with Gasteiger partial charge in [0.1, 0.15) is 5.82 Å². The summed E-state index contributed by atoms with van der Waals surface area (Å²) in [6.45, 7) is 0. The van der Waals surface area contributed by atoms with Crippen molar-refractivity contribution >= 4 is 23.4 Å². The SMILES string of the molecule is O=C(CSc1nnc(C2CC2)n1C1CC1)Nc1ccccc1. The fourth-order valence-electron chi connectivity index (χ4n) is 2.53. The van der Waals surface area contributed by atoms with Gasteiger partial charge in [0, 0.05) is 17.6 Å². The Labute approximate surface area is 133 Å². The van der Waals surface area contributed by atoms with E-state index < -0.39 is 0 Å². The summed E-state index contributed by atoms with van der Waals surface area (Å²) in [7, 11) is 0. The van der Waals surface area contributed by atoms with Crippen molar-refractivity contribution in [2.24, 2.45) is 0 Å². The van der Waals surface area contributed by atoms with Gasteiger partial charge in [-0.2, -0.15) is 0 Å². The van der Waals surface area contributed by atoms with Crippen LogP contribution in [0.4, 0.5) is 5.69 Å². The van der Waals surface area contributed by atoms with Crippen LogP contribution in [0.3, 0.4) is 0 Å². The minimum atomic E-state index is -0.00508. The summed E-state index contributed by atoms with van der Waals surface area (Å²) in [6.07, 6.45) is 4.87. The van der Waals surface area contributed by atoms with E-state index in [1.807, 2.05) is 30.3 Å². The van der Waals surface area contributed by atoms with Crippen molar-refractivity contribution in [1.29, 1.82) is 0 Å². The van der Waals surface area contributed by atoms with Crippen molar-refractivity contribution in [1.82, 2.24) is 14.8 Å². The van der Waals surface area contributed by atoms with Crippen LogP contribution in [0, 0.1) is 0 Å². The van der Waals surface area contributed by atoms with E-state index in [2.05, 4.69) is 20.1 Å². The van der Waals surface area contributed by atoms with Crippen molar-refractivity contribution in [2.75, 3.05) is 11.1 Å². The zero-order valence-electron chi connectivity index (χ0n) is 12.2. The molecule has 114 valence electrons. The summed E-state index contributed by atoms with van der Waals surface area (Å²) in [5.41, 5.74) is 0.829. The van der Waals surface area contributed by atoms with Gasteiger partial charge in [0.05, 0.1) is 5.75 Å². The average Bonchev–Trinajstić information content (AvgIpc) is 3.45. The highest BCUT2D eigenvalue weighted by molar-refractivity contribution is 7.99. The molecule has 1 aromatic carbocycles. The summed E-state index contributed by atoms with van der Waals surface area (Å²) in [6, 6.07) is 10.1. The highest BCUT2D eigenvalue weighted by atomic mass is 32.2. The molecule has 2 aliphatic rings.